The summed E-state index contributed by atoms with van der Waals surface area (Å²) in [7, 11) is 0. The van der Waals surface area contributed by atoms with E-state index in [2.05, 4.69) is 20.2 Å². The lowest BCUT2D eigenvalue weighted by atomic mass is 10.3. The number of carbonyl (C=O) groups is 1. The van der Waals surface area contributed by atoms with Crippen molar-refractivity contribution in [3.8, 4) is 0 Å². The van der Waals surface area contributed by atoms with E-state index in [4.69, 9.17) is 0 Å². The van der Waals surface area contributed by atoms with Crippen LogP contribution in [0.15, 0.2) is 24.5 Å². The molecule has 0 radical (unpaired) electrons. The number of hydrogen-bond acceptors (Lipinski definition) is 4. The van der Waals surface area contributed by atoms with Gasteiger partial charge in [-0.3, -0.25) is 14.9 Å². The number of hydrogen-bond donors (Lipinski definition) is 1. The molecule has 6 nitrogen and oxygen atoms in total. The highest BCUT2D eigenvalue weighted by Gasteiger charge is 2.29. The number of aromatic amines is 1. The van der Waals surface area contributed by atoms with Gasteiger partial charge in [-0.05, 0) is 31.9 Å². The molecule has 1 aliphatic carbocycles. The first-order valence-electron chi connectivity index (χ1n) is 6.43. The van der Waals surface area contributed by atoms with Crippen LogP contribution in [0.1, 0.15) is 42.1 Å². The van der Waals surface area contributed by atoms with Crippen molar-refractivity contribution < 1.29 is 4.79 Å². The topological polar surface area (TPSA) is 74.8 Å². The Hall–Kier alpha value is -2.24. The van der Waals surface area contributed by atoms with E-state index < -0.39 is 0 Å². The molecule has 2 aromatic rings. The molecule has 0 spiro atoms. The zero-order valence-electron chi connectivity index (χ0n) is 10.7. The minimum atomic E-state index is -0.183. The molecular weight excluding hydrogens is 242 g/mol. The van der Waals surface area contributed by atoms with Crippen molar-refractivity contribution in [1.29, 1.82) is 0 Å². The summed E-state index contributed by atoms with van der Waals surface area (Å²) in [5.41, 5.74) is 0.806. The summed E-state index contributed by atoms with van der Waals surface area (Å²) in [5, 5.41) is 6.89. The van der Waals surface area contributed by atoms with Crippen LogP contribution in [0.4, 0.5) is 5.69 Å². The van der Waals surface area contributed by atoms with Gasteiger partial charge in [-0.2, -0.15) is 0 Å². The number of H-pyrrole nitrogens is 1. The molecule has 0 aliphatic heterocycles. The van der Waals surface area contributed by atoms with Crippen LogP contribution in [-0.4, -0.2) is 32.6 Å². The van der Waals surface area contributed by atoms with Gasteiger partial charge in [0, 0.05) is 30.5 Å². The molecule has 19 heavy (non-hydrogen) atoms. The quantitative estimate of drug-likeness (QED) is 0.905. The monoisotopic (exact) mass is 257 g/mol. The fourth-order valence-electron chi connectivity index (χ4n) is 2.00. The van der Waals surface area contributed by atoms with Crippen molar-refractivity contribution >= 4 is 11.6 Å². The maximum Gasteiger partial charge on any atom is 0.297 e. The number of aromatic nitrogens is 4. The Bertz CT molecular complexity index is 576. The molecule has 0 atom stereocenters. The fraction of sp³-hybridized carbons (Fsp3) is 0.385. The molecule has 1 aliphatic rings. The molecule has 0 bridgehead atoms. The molecule has 0 aromatic carbocycles. The largest absolute Gasteiger partial charge is 0.306 e. The Morgan fingerprint density at radius 2 is 2.16 bits per heavy atom. The lowest BCUT2D eigenvalue weighted by molar-refractivity contribution is 0.0978. The normalized spacial score (nSPS) is 14.4. The van der Waals surface area contributed by atoms with Crippen LogP contribution in [0.5, 0.6) is 0 Å². The molecular formula is C13H15N5O. The summed E-state index contributed by atoms with van der Waals surface area (Å²) < 4.78 is 0. The molecule has 1 fully saturated rings. The van der Waals surface area contributed by atoms with E-state index in [1.54, 1.807) is 29.4 Å². The molecule has 1 saturated carbocycles. The first-order chi connectivity index (χ1) is 9.29. The first-order valence-corrected chi connectivity index (χ1v) is 6.43. The third-order valence-electron chi connectivity index (χ3n) is 3.19. The Labute approximate surface area is 110 Å². The Balaban J connectivity index is 1.84. The van der Waals surface area contributed by atoms with Crippen molar-refractivity contribution in [2.45, 2.75) is 25.7 Å². The third kappa shape index (κ3) is 2.33. The molecule has 1 N–H and O–H groups in total. The van der Waals surface area contributed by atoms with Gasteiger partial charge >= 0.3 is 0 Å². The Morgan fingerprint density at radius 3 is 2.79 bits per heavy atom. The molecule has 2 heterocycles. The zero-order chi connectivity index (χ0) is 13.2. The number of rotatable bonds is 4. The average molecular weight is 257 g/mol. The molecule has 98 valence electrons. The van der Waals surface area contributed by atoms with Gasteiger partial charge in [-0.1, -0.05) is 0 Å². The molecule has 2 aromatic heterocycles. The van der Waals surface area contributed by atoms with Crippen LogP contribution in [0.3, 0.4) is 0 Å². The third-order valence-corrected chi connectivity index (χ3v) is 3.19. The van der Waals surface area contributed by atoms with Gasteiger partial charge in [0.25, 0.3) is 5.91 Å². The highest BCUT2D eigenvalue weighted by molar-refractivity contribution is 6.03. The summed E-state index contributed by atoms with van der Waals surface area (Å²) in [6.07, 6.45) is 5.59. The molecule has 1 amide bonds. The number of pyridine rings is 1. The number of nitrogens with zero attached hydrogens (tertiary/aromatic N) is 4. The van der Waals surface area contributed by atoms with Crippen LogP contribution in [0, 0.1) is 0 Å². The van der Waals surface area contributed by atoms with Gasteiger partial charge < -0.3 is 4.90 Å². The predicted molar refractivity (Wildman–Crippen MR) is 69.9 cm³/mol. The smallest absolute Gasteiger partial charge is 0.297 e. The van der Waals surface area contributed by atoms with Crippen molar-refractivity contribution in [2.24, 2.45) is 0 Å². The van der Waals surface area contributed by atoms with E-state index >= 15 is 0 Å². The van der Waals surface area contributed by atoms with Crippen LogP contribution in [0.2, 0.25) is 0 Å². The highest BCUT2D eigenvalue weighted by Crippen LogP contribution is 2.37. The molecule has 3 rings (SSSR count). The van der Waals surface area contributed by atoms with Crippen LogP contribution in [-0.2, 0) is 0 Å². The number of carbonyl (C=O) groups excluding carboxylic acids is 1. The van der Waals surface area contributed by atoms with E-state index in [1.807, 2.05) is 6.92 Å². The second-order valence-electron chi connectivity index (χ2n) is 4.57. The summed E-state index contributed by atoms with van der Waals surface area (Å²) in [6.45, 7) is 2.49. The Kier molecular flexibility index (Phi) is 2.98. The van der Waals surface area contributed by atoms with Crippen molar-refractivity contribution in [2.75, 3.05) is 11.4 Å². The molecule has 6 heteroatoms. The standard InChI is InChI=1S/C13H15N5O/c1-2-18(10-5-7-14-8-6-10)13(19)12-15-11(16-17-12)9-3-4-9/h5-9H,2-4H2,1H3,(H,15,16,17). The lowest BCUT2D eigenvalue weighted by Crippen LogP contribution is -2.31. The predicted octanol–water partition coefficient (Wildman–Crippen LogP) is 1.74. The lowest BCUT2D eigenvalue weighted by Gasteiger charge is -2.18. The summed E-state index contributed by atoms with van der Waals surface area (Å²) >= 11 is 0. The minimum Gasteiger partial charge on any atom is -0.306 e. The summed E-state index contributed by atoms with van der Waals surface area (Å²) in [4.78, 5) is 22.3. The maximum atomic E-state index is 12.4. The van der Waals surface area contributed by atoms with E-state index in [9.17, 15) is 4.79 Å². The first kappa shape index (κ1) is 11.8. The van der Waals surface area contributed by atoms with Gasteiger partial charge in [0.05, 0.1) is 0 Å². The second-order valence-corrected chi connectivity index (χ2v) is 4.57. The van der Waals surface area contributed by atoms with Crippen molar-refractivity contribution in [3.05, 3.63) is 36.2 Å². The van der Waals surface area contributed by atoms with E-state index in [0.29, 0.717) is 12.5 Å². The van der Waals surface area contributed by atoms with Gasteiger partial charge in [0.2, 0.25) is 5.82 Å². The average Bonchev–Trinajstić information content (AvgIpc) is 3.18. The number of amides is 1. The van der Waals surface area contributed by atoms with Gasteiger partial charge in [-0.25, -0.2) is 4.98 Å². The number of nitrogens with one attached hydrogen (secondary N) is 1. The molecule has 0 saturated heterocycles. The van der Waals surface area contributed by atoms with Gasteiger partial charge in [-0.15, -0.1) is 5.10 Å². The van der Waals surface area contributed by atoms with Crippen molar-refractivity contribution in [1.82, 2.24) is 20.2 Å². The van der Waals surface area contributed by atoms with Gasteiger partial charge in [0.1, 0.15) is 5.82 Å². The summed E-state index contributed by atoms with van der Waals surface area (Å²) in [6, 6.07) is 3.60. The van der Waals surface area contributed by atoms with Crippen molar-refractivity contribution in [3.63, 3.8) is 0 Å². The number of anilines is 1. The van der Waals surface area contributed by atoms with Crippen LogP contribution in [0.25, 0.3) is 0 Å². The zero-order valence-corrected chi connectivity index (χ0v) is 10.7. The maximum absolute atomic E-state index is 12.4. The second kappa shape index (κ2) is 4.79. The van der Waals surface area contributed by atoms with Crippen LogP contribution < -0.4 is 4.90 Å². The SMILES string of the molecule is CCN(C(=O)c1n[nH]c(C2CC2)n1)c1ccncc1. The minimum absolute atomic E-state index is 0.183. The van der Waals surface area contributed by atoms with Gasteiger partial charge in [0.15, 0.2) is 0 Å². The molecule has 0 unspecified atom stereocenters. The van der Waals surface area contributed by atoms with Crippen LogP contribution >= 0.6 is 0 Å². The van der Waals surface area contributed by atoms with E-state index in [-0.39, 0.29) is 11.7 Å². The van der Waals surface area contributed by atoms with E-state index in [0.717, 1.165) is 24.4 Å². The van der Waals surface area contributed by atoms with E-state index in [1.165, 1.54) is 0 Å². The Morgan fingerprint density at radius 1 is 1.42 bits per heavy atom. The summed E-state index contributed by atoms with van der Waals surface area (Å²) in [5.74, 6) is 1.34. The highest BCUT2D eigenvalue weighted by atomic mass is 16.2. The fourth-order valence-corrected chi connectivity index (χ4v) is 2.00.